The van der Waals surface area contributed by atoms with Crippen LogP contribution in [0, 0.1) is 11.3 Å². The number of carbonyl (C=O) groups excluding carboxylic acids is 1. The summed E-state index contributed by atoms with van der Waals surface area (Å²) in [5, 5.41) is 13.1. The highest BCUT2D eigenvalue weighted by molar-refractivity contribution is 7.92. The lowest BCUT2D eigenvalue weighted by Gasteiger charge is -2.12. The summed E-state index contributed by atoms with van der Waals surface area (Å²) in [6, 6.07) is 11.6. The monoisotopic (exact) mass is 655 g/mol. The van der Waals surface area contributed by atoms with E-state index in [0.29, 0.717) is 0 Å². The number of amides is 1. The Kier molecular flexibility index (Phi) is 8.41. The Bertz CT molecular complexity index is 1980. The number of hydrogen-bond acceptors (Lipinski definition) is 10. The van der Waals surface area contributed by atoms with Gasteiger partial charge < -0.3 is 13.8 Å². The van der Waals surface area contributed by atoms with Crippen LogP contribution in [0.15, 0.2) is 47.4 Å². The lowest BCUT2D eigenvalue weighted by Crippen LogP contribution is -2.26. The molecule has 19 heteroatoms. The number of nitriles is 1. The molecule has 0 aliphatic carbocycles. The molecule has 1 amide bonds. The number of hydrogen-bond donors (Lipinski definition) is 3. The van der Waals surface area contributed by atoms with Crippen molar-refractivity contribution in [3.05, 3.63) is 53.1 Å². The second-order valence-electron chi connectivity index (χ2n) is 8.90. The van der Waals surface area contributed by atoms with Gasteiger partial charge in [-0.15, -0.1) is 0 Å². The highest BCUT2D eigenvalue weighted by Crippen LogP contribution is 2.40. The van der Waals surface area contributed by atoms with Crippen LogP contribution >= 0.6 is 11.6 Å². The molecule has 2 heterocycles. The molecule has 3 N–H and O–H groups in total. The molecule has 42 heavy (non-hydrogen) atoms. The Morgan fingerprint density at radius 1 is 1.10 bits per heavy atom. The number of rotatable bonds is 9. The number of anilines is 2. The number of H-pyrrole nitrogens is 1. The molecule has 0 bridgehead atoms. The normalized spacial score (nSPS) is 12.4. The molecule has 222 valence electrons. The van der Waals surface area contributed by atoms with E-state index in [1.807, 2.05) is 6.07 Å². The molecule has 0 saturated carbocycles. The van der Waals surface area contributed by atoms with Crippen molar-refractivity contribution < 1.29 is 34.8 Å². The maximum Gasteiger partial charge on any atom is 0.416 e. The van der Waals surface area contributed by atoms with Crippen LogP contribution in [0.5, 0.6) is 11.6 Å². The first kappa shape index (κ1) is 30.6. The average molecular weight is 656 g/mol. The first-order valence-corrected chi connectivity index (χ1v) is 16.7. The summed E-state index contributed by atoms with van der Waals surface area (Å²) in [5.74, 6) is -0.712. The van der Waals surface area contributed by atoms with Crippen molar-refractivity contribution in [1.82, 2.24) is 19.5 Å². The minimum Gasteiger partial charge on any atom is -0.390 e. The molecule has 4 aromatic rings. The molecule has 0 aliphatic rings. The zero-order valence-corrected chi connectivity index (χ0v) is 25.4. The summed E-state index contributed by atoms with van der Waals surface area (Å²) in [6.45, 7) is 0. The third kappa shape index (κ3) is 6.94. The summed E-state index contributed by atoms with van der Waals surface area (Å²) in [4.78, 5) is 18.1. The molecule has 0 spiro atoms. The molecule has 4 rings (SSSR count). The molecular formula is C23H22ClN7O8S3. The Hall–Kier alpha value is -4.31. The minimum absolute atomic E-state index is 0.0407. The number of nitrogens with one attached hydrogen (secondary N) is 3. The second kappa shape index (κ2) is 11.5. The van der Waals surface area contributed by atoms with Gasteiger partial charge in [-0.05, 0) is 42.5 Å². The van der Waals surface area contributed by atoms with Crippen molar-refractivity contribution in [2.45, 2.75) is 4.90 Å². The van der Waals surface area contributed by atoms with Crippen molar-refractivity contribution in [3.63, 3.8) is 0 Å². The van der Waals surface area contributed by atoms with E-state index in [4.69, 9.17) is 20.5 Å². The number of benzene rings is 2. The largest absolute Gasteiger partial charge is 0.416 e. The number of fused-ring (bicyclic) bond motifs is 1. The predicted molar refractivity (Wildman–Crippen MR) is 155 cm³/mol. The number of carbonyl (C=O) groups is 1. The molecule has 0 fully saturated rings. The number of aromatic amines is 1. The molecule has 0 saturated heterocycles. The summed E-state index contributed by atoms with van der Waals surface area (Å²) in [7, 11) is -4.41. The van der Waals surface area contributed by atoms with Crippen LogP contribution in [0.3, 0.4) is 0 Å². The molecule has 1 atom stereocenters. The first-order valence-electron chi connectivity index (χ1n) is 11.5. The van der Waals surface area contributed by atoms with E-state index in [1.165, 1.54) is 56.6 Å². The van der Waals surface area contributed by atoms with Gasteiger partial charge in [-0.3, -0.25) is 14.5 Å². The van der Waals surface area contributed by atoms with Gasteiger partial charge in [0.05, 0.1) is 23.1 Å². The van der Waals surface area contributed by atoms with Crippen LogP contribution in [-0.4, -0.2) is 73.2 Å². The summed E-state index contributed by atoms with van der Waals surface area (Å²) in [5.41, 5.74) is 0.188. The zero-order valence-electron chi connectivity index (χ0n) is 22.2. The Labute approximate surface area is 247 Å². The van der Waals surface area contributed by atoms with Crippen molar-refractivity contribution in [2.24, 2.45) is 0 Å². The fourth-order valence-electron chi connectivity index (χ4n) is 3.50. The maximum atomic E-state index is 13.1. The molecule has 2 aromatic carbocycles. The first-order chi connectivity index (χ1) is 19.6. The van der Waals surface area contributed by atoms with Crippen molar-refractivity contribution >= 4 is 65.8 Å². The van der Waals surface area contributed by atoms with Gasteiger partial charge in [-0.1, -0.05) is 11.6 Å². The van der Waals surface area contributed by atoms with Gasteiger partial charge in [0.15, 0.2) is 11.5 Å². The lowest BCUT2D eigenvalue weighted by atomic mass is 10.2. The van der Waals surface area contributed by atoms with Gasteiger partial charge in [0.2, 0.25) is 36.9 Å². The van der Waals surface area contributed by atoms with E-state index in [-0.39, 0.29) is 55.5 Å². The van der Waals surface area contributed by atoms with Crippen LogP contribution in [0.4, 0.5) is 16.2 Å². The molecule has 0 radical (unpaired) electrons. The van der Waals surface area contributed by atoms with Gasteiger partial charge in [-0.2, -0.15) is 9.78 Å². The smallest absolute Gasteiger partial charge is 0.390 e. The van der Waals surface area contributed by atoms with E-state index in [2.05, 4.69) is 19.5 Å². The summed E-state index contributed by atoms with van der Waals surface area (Å²) >= 11 is 3.88. The fourth-order valence-corrected chi connectivity index (χ4v) is 5.58. The summed E-state index contributed by atoms with van der Waals surface area (Å²) < 4.78 is 76.6. The standard InChI is InChI=1S/C23H22ClN7O8S3/c1-30(2)23(32)38-22-19(39-40(33)15-8-6-14(7-9-15)28-41(3,34)35)17(12-25)21-26-20(27-31(21)22)16-11-13(24)5-10-18(16)29-42(4,36)37/h5-11,28-29H,1-4H3,(H,26,27). The van der Waals surface area contributed by atoms with Crippen LogP contribution in [0.1, 0.15) is 5.56 Å². The van der Waals surface area contributed by atoms with Crippen molar-refractivity contribution in [1.29, 1.82) is 5.26 Å². The van der Waals surface area contributed by atoms with Crippen LogP contribution < -0.4 is 18.4 Å². The maximum absolute atomic E-state index is 13.1. The SMILES string of the molecule is CN(C)C(=O)Oc1c(OS(=O)c2ccc(NS(C)(=O)=O)cc2)c(C#N)c2nc(-c3cc(Cl)ccc3NS(C)(=O)=O)[nH]n12. The minimum atomic E-state index is -3.70. The number of aromatic nitrogens is 3. The molecule has 2 aromatic heterocycles. The molecular weight excluding hydrogens is 634 g/mol. The number of sulfonamides is 2. The lowest BCUT2D eigenvalue weighted by molar-refractivity contribution is 0.168. The van der Waals surface area contributed by atoms with Gasteiger partial charge in [-0.25, -0.2) is 30.8 Å². The van der Waals surface area contributed by atoms with E-state index >= 15 is 0 Å². The van der Waals surface area contributed by atoms with E-state index in [0.717, 1.165) is 21.9 Å². The third-order valence-corrected chi connectivity index (χ3v) is 7.60. The molecule has 15 nitrogen and oxygen atoms in total. The number of halogens is 1. The quantitative estimate of drug-likeness (QED) is 0.240. The number of ether oxygens (including phenoxy) is 1. The van der Waals surface area contributed by atoms with Crippen molar-refractivity contribution in [2.75, 3.05) is 36.1 Å². The van der Waals surface area contributed by atoms with E-state index < -0.39 is 37.2 Å². The Balaban J connectivity index is 1.82. The average Bonchev–Trinajstić information content (AvgIpc) is 3.41. The zero-order chi connectivity index (χ0) is 31.0. The van der Waals surface area contributed by atoms with E-state index in [9.17, 15) is 31.1 Å². The van der Waals surface area contributed by atoms with Crippen molar-refractivity contribution in [3.8, 4) is 29.1 Å². The van der Waals surface area contributed by atoms with Gasteiger partial charge >= 0.3 is 6.09 Å². The Morgan fingerprint density at radius 2 is 1.74 bits per heavy atom. The predicted octanol–water partition coefficient (Wildman–Crippen LogP) is 2.76. The highest BCUT2D eigenvalue weighted by Gasteiger charge is 2.30. The number of nitrogens with zero attached hydrogens (tertiary/aromatic N) is 4. The van der Waals surface area contributed by atoms with Gasteiger partial charge in [0.1, 0.15) is 11.6 Å². The fraction of sp³-hybridized carbons (Fsp3) is 0.174. The summed E-state index contributed by atoms with van der Waals surface area (Å²) in [6.07, 6.45) is 1.07. The molecule has 0 aliphatic heterocycles. The van der Waals surface area contributed by atoms with Gasteiger partial charge in [0.25, 0.3) is 5.88 Å². The van der Waals surface area contributed by atoms with Crippen LogP contribution in [0.2, 0.25) is 5.02 Å². The van der Waals surface area contributed by atoms with Crippen LogP contribution in [-0.2, 0) is 31.1 Å². The molecule has 1 unspecified atom stereocenters. The van der Waals surface area contributed by atoms with Crippen LogP contribution in [0.25, 0.3) is 17.0 Å². The Morgan fingerprint density at radius 3 is 2.31 bits per heavy atom. The van der Waals surface area contributed by atoms with E-state index in [1.54, 1.807) is 0 Å². The topological polar surface area (TPSA) is 205 Å². The highest BCUT2D eigenvalue weighted by atomic mass is 35.5. The second-order valence-corrected chi connectivity index (χ2v) is 13.9. The van der Waals surface area contributed by atoms with Gasteiger partial charge in [0, 0.05) is 30.4 Å². The third-order valence-electron chi connectivity index (χ3n) is 5.20.